The molecule has 1 atom stereocenters. The van der Waals surface area contributed by atoms with Gasteiger partial charge in [-0.15, -0.1) is 0 Å². The largest absolute Gasteiger partial charge is 0.354 e. The van der Waals surface area contributed by atoms with Crippen LogP contribution in [0.25, 0.3) is 0 Å². The van der Waals surface area contributed by atoms with Gasteiger partial charge in [0, 0.05) is 31.7 Å². The highest BCUT2D eigenvalue weighted by Crippen LogP contribution is 2.17. The van der Waals surface area contributed by atoms with E-state index >= 15 is 0 Å². The van der Waals surface area contributed by atoms with Gasteiger partial charge in [0.2, 0.25) is 0 Å². The van der Waals surface area contributed by atoms with Gasteiger partial charge in [0.15, 0.2) is 0 Å². The van der Waals surface area contributed by atoms with Crippen LogP contribution in [0.1, 0.15) is 6.92 Å². The minimum Gasteiger partial charge on any atom is -0.354 e. The summed E-state index contributed by atoms with van der Waals surface area (Å²) in [6, 6.07) is 2.37. The topological polar surface area (TPSA) is 32.3 Å². The van der Waals surface area contributed by atoms with Crippen LogP contribution >= 0.6 is 11.6 Å². The predicted octanol–water partition coefficient (Wildman–Crippen LogP) is 1.27. The maximum atomic E-state index is 5.84. The Hall–Kier alpha value is -0.870. The molecule has 82 valence electrons. The highest BCUT2D eigenvalue weighted by atomic mass is 35.5. The van der Waals surface area contributed by atoms with Crippen molar-refractivity contribution in [3.8, 4) is 0 Å². The van der Waals surface area contributed by atoms with E-state index in [1.165, 1.54) is 6.33 Å². The third-order valence-corrected chi connectivity index (χ3v) is 3.11. The number of piperazine rings is 1. The fraction of sp³-hybridized carbons (Fsp3) is 0.600. The third kappa shape index (κ3) is 2.38. The second kappa shape index (κ2) is 4.33. The summed E-state index contributed by atoms with van der Waals surface area (Å²) in [7, 11) is 2.15. The first-order valence-electron chi connectivity index (χ1n) is 5.09. The standard InChI is InChI=1S/C10H15ClN4/c1-8-6-15(4-3-14(8)2)10-5-9(11)12-7-13-10/h5,7-8H,3-4,6H2,1-2H3. The Morgan fingerprint density at radius 3 is 2.87 bits per heavy atom. The lowest BCUT2D eigenvalue weighted by molar-refractivity contribution is 0.233. The van der Waals surface area contributed by atoms with Crippen molar-refractivity contribution in [3.05, 3.63) is 17.5 Å². The van der Waals surface area contributed by atoms with Gasteiger partial charge in [0.05, 0.1) is 0 Å². The Morgan fingerprint density at radius 2 is 2.20 bits per heavy atom. The van der Waals surface area contributed by atoms with Crippen LogP contribution in [-0.2, 0) is 0 Å². The van der Waals surface area contributed by atoms with Gasteiger partial charge < -0.3 is 9.80 Å². The SMILES string of the molecule is CC1CN(c2cc(Cl)ncn2)CCN1C. The summed E-state index contributed by atoms with van der Waals surface area (Å²) >= 11 is 5.84. The van der Waals surface area contributed by atoms with Crippen molar-refractivity contribution in [2.45, 2.75) is 13.0 Å². The van der Waals surface area contributed by atoms with Crippen molar-refractivity contribution >= 4 is 17.4 Å². The van der Waals surface area contributed by atoms with Crippen molar-refractivity contribution in [1.82, 2.24) is 14.9 Å². The van der Waals surface area contributed by atoms with E-state index in [4.69, 9.17) is 11.6 Å². The predicted molar refractivity (Wildman–Crippen MR) is 61.3 cm³/mol. The number of rotatable bonds is 1. The average Bonchev–Trinajstić information content (AvgIpc) is 2.22. The van der Waals surface area contributed by atoms with E-state index in [0.29, 0.717) is 11.2 Å². The monoisotopic (exact) mass is 226 g/mol. The highest BCUT2D eigenvalue weighted by Gasteiger charge is 2.21. The Bertz CT molecular complexity index is 344. The van der Waals surface area contributed by atoms with Crippen LogP contribution in [0.5, 0.6) is 0 Å². The maximum absolute atomic E-state index is 5.84. The molecule has 1 aromatic heterocycles. The lowest BCUT2D eigenvalue weighted by Crippen LogP contribution is -2.50. The van der Waals surface area contributed by atoms with Crippen LogP contribution < -0.4 is 4.90 Å². The number of halogens is 1. The zero-order valence-corrected chi connectivity index (χ0v) is 9.78. The van der Waals surface area contributed by atoms with Crippen molar-refractivity contribution in [3.63, 3.8) is 0 Å². The molecule has 0 amide bonds. The van der Waals surface area contributed by atoms with E-state index in [2.05, 4.69) is 33.7 Å². The fourth-order valence-electron chi connectivity index (χ4n) is 1.75. The van der Waals surface area contributed by atoms with E-state index in [1.54, 1.807) is 0 Å². The Morgan fingerprint density at radius 1 is 1.40 bits per heavy atom. The second-order valence-electron chi connectivity index (χ2n) is 3.97. The summed E-state index contributed by atoms with van der Waals surface area (Å²) in [5, 5.41) is 0.506. The first-order chi connectivity index (χ1) is 7.16. The molecule has 1 aromatic rings. The van der Waals surface area contributed by atoms with Crippen molar-refractivity contribution in [2.75, 3.05) is 31.6 Å². The molecule has 2 rings (SSSR count). The number of nitrogens with zero attached hydrogens (tertiary/aromatic N) is 4. The summed E-state index contributed by atoms with van der Waals surface area (Å²) in [5.74, 6) is 0.926. The summed E-state index contributed by atoms with van der Waals surface area (Å²) in [6.45, 7) is 5.26. The van der Waals surface area contributed by atoms with E-state index in [9.17, 15) is 0 Å². The summed E-state index contributed by atoms with van der Waals surface area (Å²) < 4.78 is 0. The zero-order valence-electron chi connectivity index (χ0n) is 9.02. The molecule has 15 heavy (non-hydrogen) atoms. The van der Waals surface area contributed by atoms with Gasteiger partial charge in [0.1, 0.15) is 17.3 Å². The lowest BCUT2D eigenvalue weighted by atomic mass is 10.2. The molecule has 0 bridgehead atoms. The number of hydrogen-bond donors (Lipinski definition) is 0. The van der Waals surface area contributed by atoms with Gasteiger partial charge in [-0.1, -0.05) is 11.6 Å². The lowest BCUT2D eigenvalue weighted by Gasteiger charge is -2.38. The quantitative estimate of drug-likeness (QED) is 0.676. The Labute approximate surface area is 94.9 Å². The molecular formula is C10H15ClN4. The molecule has 5 heteroatoms. The first-order valence-corrected chi connectivity index (χ1v) is 5.47. The van der Waals surface area contributed by atoms with Gasteiger partial charge >= 0.3 is 0 Å². The van der Waals surface area contributed by atoms with Crippen LogP contribution in [0.2, 0.25) is 5.15 Å². The maximum Gasteiger partial charge on any atom is 0.134 e. The van der Waals surface area contributed by atoms with E-state index in [0.717, 1.165) is 25.5 Å². The van der Waals surface area contributed by atoms with Crippen molar-refractivity contribution in [1.29, 1.82) is 0 Å². The molecule has 0 N–H and O–H groups in total. The van der Waals surface area contributed by atoms with Crippen LogP contribution in [0.15, 0.2) is 12.4 Å². The van der Waals surface area contributed by atoms with Crippen molar-refractivity contribution < 1.29 is 0 Å². The summed E-state index contributed by atoms with van der Waals surface area (Å²) in [5.41, 5.74) is 0. The zero-order chi connectivity index (χ0) is 10.8. The molecule has 0 aromatic carbocycles. The first kappa shape index (κ1) is 10.6. The Balaban J connectivity index is 2.12. The van der Waals surface area contributed by atoms with Gasteiger partial charge in [-0.3, -0.25) is 0 Å². The smallest absolute Gasteiger partial charge is 0.134 e. The fourth-order valence-corrected chi connectivity index (χ4v) is 1.89. The van der Waals surface area contributed by atoms with Crippen molar-refractivity contribution in [2.24, 2.45) is 0 Å². The van der Waals surface area contributed by atoms with Gasteiger partial charge in [-0.25, -0.2) is 9.97 Å². The molecule has 2 heterocycles. The minimum atomic E-state index is 0.506. The number of aromatic nitrogens is 2. The molecule has 1 aliphatic rings. The average molecular weight is 227 g/mol. The molecule has 0 radical (unpaired) electrons. The molecule has 0 spiro atoms. The highest BCUT2D eigenvalue weighted by molar-refractivity contribution is 6.29. The molecule has 1 saturated heterocycles. The van der Waals surface area contributed by atoms with E-state index < -0.39 is 0 Å². The Kier molecular flexibility index (Phi) is 3.07. The summed E-state index contributed by atoms with van der Waals surface area (Å²) in [6.07, 6.45) is 1.51. The normalized spacial score (nSPS) is 23.1. The van der Waals surface area contributed by atoms with Crippen LogP contribution in [0.4, 0.5) is 5.82 Å². The van der Waals surface area contributed by atoms with Gasteiger partial charge in [0.25, 0.3) is 0 Å². The molecule has 4 nitrogen and oxygen atoms in total. The third-order valence-electron chi connectivity index (χ3n) is 2.90. The number of likely N-dealkylation sites (N-methyl/N-ethyl adjacent to an activating group) is 1. The van der Waals surface area contributed by atoms with Gasteiger partial charge in [-0.2, -0.15) is 0 Å². The van der Waals surface area contributed by atoms with Gasteiger partial charge in [-0.05, 0) is 14.0 Å². The molecule has 0 aliphatic carbocycles. The number of anilines is 1. The van der Waals surface area contributed by atoms with Crippen LogP contribution in [0, 0.1) is 0 Å². The van der Waals surface area contributed by atoms with Crippen LogP contribution in [-0.4, -0.2) is 47.6 Å². The van der Waals surface area contributed by atoms with Crippen LogP contribution in [0.3, 0.4) is 0 Å². The minimum absolute atomic E-state index is 0.506. The van der Waals surface area contributed by atoms with E-state index in [-0.39, 0.29) is 0 Å². The second-order valence-corrected chi connectivity index (χ2v) is 4.36. The molecule has 1 fully saturated rings. The molecule has 1 unspecified atom stereocenters. The molecule has 0 saturated carbocycles. The summed E-state index contributed by atoms with van der Waals surface area (Å²) in [4.78, 5) is 12.7. The number of hydrogen-bond acceptors (Lipinski definition) is 4. The van der Waals surface area contributed by atoms with E-state index in [1.807, 2.05) is 6.07 Å². The molecular weight excluding hydrogens is 212 g/mol. The molecule has 1 aliphatic heterocycles.